The van der Waals surface area contributed by atoms with Gasteiger partial charge < -0.3 is 15.5 Å². The first kappa shape index (κ1) is 14.6. The largest absolute Gasteiger partial charge is 0.507 e. The average Bonchev–Trinajstić information content (AvgIpc) is 2.43. The van der Waals surface area contributed by atoms with Gasteiger partial charge in [0.05, 0.1) is 0 Å². The molecule has 21 heavy (non-hydrogen) atoms. The third-order valence-corrected chi connectivity index (χ3v) is 3.33. The van der Waals surface area contributed by atoms with Crippen molar-refractivity contribution in [3.05, 3.63) is 58.7 Å². The molecule has 0 aliphatic rings. The van der Waals surface area contributed by atoms with E-state index in [2.05, 4.69) is 5.32 Å². The Kier molecular flexibility index (Phi) is 3.93. The van der Waals surface area contributed by atoms with Crippen LogP contribution in [0.4, 0.5) is 5.69 Å². The van der Waals surface area contributed by atoms with E-state index >= 15 is 0 Å². The Morgan fingerprint density at radius 2 is 1.76 bits per heavy atom. The molecule has 2 aromatic rings. The molecule has 2 aromatic carbocycles. The summed E-state index contributed by atoms with van der Waals surface area (Å²) in [6.07, 6.45) is 0. The van der Waals surface area contributed by atoms with E-state index in [1.54, 1.807) is 12.1 Å². The van der Waals surface area contributed by atoms with E-state index in [9.17, 15) is 14.7 Å². The van der Waals surface area contributed by atoms with Crippen molar-refractivity contribution in [2.24, 2.45) is 0 Å². The van der Waals surface area contributed by atoms with Crippen LogP contribution in [0.25, 0.3) is 0 Å². The molecule has 0 bridgehead atoms. The van der Waals surface area contributed by atoms with Crippen molar-refractivity contribution >= 4 is 17.6 Å². The number of carboxylic acid groups (broad SMARTS) is 1. The van der Waals surface area contributed by atoms with Crippen LogP contribution in [0.1, 0.15) is 31.8 Å². The molecule has 0 aliphatic carbocycles. The summed E-state index contributed by atoms with van der Waals surface area (Å²) in [6, 6.07) is 9.32. The Morgan fingerprint density at radius 1 is 1.05 bits per heavy atom. The van der Waals surface area contributed by atoms with Gasteiger partial charge in [-0.05, 0) is 49.2 Å². The molecule has 0 heterocycles. The second kappa shape index (κ2) is 5.66. The highest BCUT2D eigenvalue weighted by molar-refractivity contribution is 6.06. The van der Waals surface area contributed by atoms with E-state index in [-0.39, 0.29) is 17.2 Å². The molecular formula is C16H15NO4. The zero-order chi connectivity index (χ0) is 15.6. The fourth-order valence-electron chi connectivity index (χ4n) is 1.98. The lowest BCUT2D eigenvalue weighted by molar-refractivity contribution is 0.0693. The van der Waals surface area contributed by atoms with Crippen LogP contribution in [-0.2, 0) is 0 Å². The number of nitrogens with one attached hydrogen (secondary N) is 1. The van der Waals surface area contributed by atoms with E-state index in [0.29, 0.717) is 11.3 Å². The summed E-state index contributed by atoms with van der Waals surface area (Å²) in [5.74, 6) is -1.92. The van der Waals surface area contributed by atoms with Crippen LogP contribution >= 0.6 is 0 Å². The van der Waals surface area contributed by atoms with Crippen molar-refractivity contribution in [1.82, 2.24) is 0 Å². The van der Waals surface area contributed by atoms with Gasteiger partial charge in [0.1, 0.15) is 11.3 Å². The maximum Gasteiger partial charge on any atom is 0.339 e. The molecule has 0 spiro atoms. The van der Waals surface area contributed by atoms with Gasteiger partial charge in [0.25, 0.3) is 5.91 Å². The molecule has 0 radical (unpaired) electrons. The molecule has 0 fully saturated rings. The number of carbonyl (C=O) groups is 2. The molecule has 3 N–H and O–H groups in total. The average molecular weight is 285 g/mol. The van der Waals surface area contributed by atoms with E-state index in [0.717, 1.165) is 11.1 Å². The molecule has 2 rings (SSSR count). The lowest BCUT2D eigenvalue weighted by atomic mass is 10.0. The maximum atomic E-state index is 12.2. The number of aryl methyl sites for hydroxylation is 1. The molecule has 108 valence electrons. The van der Waals surface area contributed by atoms with Gasteiger partial charge in [0, 0.05) is 11.3 Å². The van der Waals surface area contributed by atoms with Gasteiger partial charge in [0.15, 0.2) is 0 Å². The number of hydrogen-bond acceptors (Lipinski definition) is 3. The second-order valence-corrected chi connectivity index (χ2v) is 4.74. The topological polar surface area (TPSA) is 86.6 Å². The highest BCUT2D eigenvalue weighted by Crippen LogP contribution is 2.22. The van der Waals surface area contributed by atoms with Gasteiger partial charge >= 0.3 is 5.97 Å². The number of benzene rings is 2. The van der Waals surface area contributed by atoms with E-state index in [1.807, 2.05) is 19.9 Å². The number of hydrogen-bond donors (Lipinski definition) is 3. The van der Waals surface area contributed by atoms with Gasteiger partial charge in [-0.1, -0.05) is 12.1 Å². The molecular weight excluding hydrogens is 270 g/mol. The standard InChI is InChI=1S/C16H15NO4/c1-9-4-3-5-12(10(9)2)15(19)17-11-6-7-14(18)13(8-11)16(20)21/h3-8,18H,1-2H3,(H,17,19)(H,20,21). The predicted molar refractivity (Wildman–Crippen MR) is 78.9 cm³/mol. The monoisotopic (exact) mass is 285 g/mol. The van der Waals surface area contributed by atoms with E-state index < -0.39 is 5.97 Å². The minimum Gasteiger partial charge on any atom is -0.507 e. The molecule has 5 heteroatoms. The fraction of sp³-hybridized carbons (Fsp3) is 0.125. The highest BCUT2D eigenvalue weighted by Gasteiger charge is 2.14. The van der Waals surface area contributed by atoms with E-state index in [4.69, 9.17) is 5.11 Å². The van der Waals surface area contributed by atoms with Crippen LogP contribution in [0.3, 0.4) is 0 Å². The molecule has 0 atom stereocenters. The number of aromatic hydroxyl groups is 1. The number of rotatable bonds is 3. The number of aromatic carboxylic acids is 1. The third kappa shape index (κ3) is 3.02. The predicted octanol–water partition coefficient (Wildman–Crippen LogP) is 2.96. The SMILES string of the molecule is Cc1cccc(C(=O)Nc2ccc(O)c(C(=O)O)c2)c1C. The van der Waals surface area contributed by atoms with Crippen molar-refractivity contribution in [3.63, 3.8) is 0 Å². The molecule has 5 nitrogen and oxygen atoms in total. The normalized spacial score (nSPS) is 10.2. The van der Waals surface area contributed by atoms with E-state index in [1.165, 1.54) is 18.2 Å². The highest BCUT2D eigenvalue weighted by atomic mass is 16.4. The first-order chi connectivity index (χ1) is 9.90. The maximum absolute atomic E-state index is 12.2. The van der Waals surface area contributed by atoms with Gasteiger partial charge in [-0.3, -0.25) is 4.79 Å². The smallest absolute Gasteiger partial charge is 0.339 e. The Labute approximate surface area is 121 Å². The Balaban J connectivity index is 2.30. The van der Waals surface area contributed by atoms with Gasteiger partial charge in [-0.25, -0.2) is 4.79 Å². The van der Waals surface area contributed by atoms with Crippen LogP contribution in [0.5, 0.6) is 5.75 Å². The molecule has 0 saturated heterocycles. The summed E-state index contributed by atoms with van der Waals surface area (Å²) in [6.45, 7) is 3.76. The number of amides is 1. The lowest BCUT2D eigenvalue weighted by Crippen LogP contribution is -2.14. The van der Waals surface area contributed by atoms with Crippen molar-refractivity contribution in [2.75, 3.05) is 5.32 Å². The Hall–Kier alpha value is -2.82. The van der Waals surface area contributed by atoms with Crippen LogP contribution in [0, 0.1) is 13.8 Å². The van der Waals surface area contributed by atoms with Crippen molar-refractivity contribution < 1.29 is 19.8 Å². The summed E-state index contributed by atoms with van der Waals surface area (Å²) in [4.78, 5) is 23.2. The molecule has 0 saturated carbocycles. The number of phenols is 1. The quantitative estimate of drug-likeness (QED) is 0.757. The van der Waals surface area contributed by atoms with Crippen LogP contribution in [0.15, 0.2) is 36.4 Å². The summed E-state index contributed by atoms with van der Waals surface area (Å²) in [5, 5.41) is 21.0. The van der Waals surface area contributed by atoms with Crippen molar-refractivity contribution in [3.8, 4) is 5.75 Å². The minimum atomic E-state index is -1.25. The van der Waals surface area contributed by atoms with Gasteiger partial charge in [0.2, 0.25) is 0 Å². The molecule has 0 aliphatic heterocycles. The van der Waals surface area contributed by atoms with Crippen molar-refractivity contribution in [2.45, 2.75) is 13.8 Å². The summed E-state index contributed by atoms with van der Waals surface area (Å²) in [7, 11) is 0. The fourth-order valence-corrected chi connectivity index (χ4v) is 1.98. The van der Waals surface area contributed by atoms with Crippen LogP contribution in [-0.4, -0.2) is 22.1 Å². The summed E-state index contributed by atoms with van der Waals surface area (Å²) in [5.41, 5.74) is 2.46. The zero-order valence-electron chi connectivity index (χ0n) is 11.7. The minimum absolute atomic E-state index is 0.256. The molecule has 0 unspecified atom stereocenters. The Morgan fingerprint density at radius 3 is 2.43 bits per heavy atom. The lowest BCUT2D eigenvalue weighted by Gasteiger charge is -2.10. The van der Waals surface area contributed by atoms with Crippen LogP contribution < -0.4 is 5.32 Å². The first-order valence-electron chi connectivity index (χ1n) is 6.34. The zero-order valence-corrected chi connectivity index (χ0v) is 11.7. The number of anilines is 1. The number of carbonyl (C=O) groups excluding carboxylic acids is 1. The second-order valence-electron chi connectivity index (χ2n) is 4.74. The third-order valence-electron chi connectivity index (χ3n) is 3.33. The first-order valence-corrected chi connectivity index (χ1v) is 6.34. The number of carboxylic acids is 1. The molecule has 0 aromatic heterocycles. The van der Waals surface area contributed by atoms with Crippen molar-refractivity contribution in [1.29, 1.82) is 0 Å². The summed E-state index contributed by atoms with van der Waals surface area (Å²) >= 11 is 0. The Bertz CT molecular complexity index is 722. The summed E-state index contributed by atoms with van der Waals surface area (Å²) < 4.78 is 0. The van der Waals surface area contributed by atoms with Crippen LogP contribution in [0.2, 0.25) is 0 Å². The van der Waals surface area contributed by atoms with Gasteiger partial charge in [-0.15, -0.1) is 0 Å². The van der Waals surface area contributed by atoms with Gasteiger partial charge in [-0.2, -0.15) is 0 Å². The molecule has 1 amide bonds.